The van der Waals surface area contributed by atoms with Gasteiger partial charge in [0.15, 0.2) is 0 Å². The molecule has 0 aliphatic carbocycles. The van der Waals surface area contributed by atoms with Crippen LogP contribution in [0.2, 0.25) is 0 Å². The first-order valence-electron chi connectivity index (χ1n) is 9.07. The molecule has 0 aromatic rings. The van der Waals surface area contributed by atoms with Crippen molar-refractivity contribution in [3.8, 4) is 0 Å². The maximum atomic E-state index is 10.0. The van der Waals surface area contributed by atoms with Gasteiger partial charge in [-0.05, 0) is 6.42 Å². The minimum absolute atomic E-state index is 0.231. The normalized spacial score (nSPS) is 18.7. The maximum absolute atomic E-state index is 10.0. The Kier molecular flexibility index (Phi) is 12.0. The molecule has 0 spiro atoms. The van der Waals surface area contributed by atoms with E-state index in [9.17, 15) is 5.11 Å². The number of rotatable bonds is 13. The van der Waals surface area contributed by atoms with Crippen LogP contribution < -0.4 is 0 Å². The van der Waals surface area contributed by atoms with Crippen LogP contribution in [-0.4, -0.2) is 85.2 Å². The lowest BCUT2D eigenvalue weighted by Gasteiger charge is -2.35. The van der Waals surface area contributed by atoms with Crippen LogP contribution in [-0.2, 0) is 4.74 Å². The molecule has 1 rings (SSSR count). The standard InChI is InChI=1S/C17H36N2O3/c1-2-3-4-5-6-7-14-22-16-17(21)15-19-10-8-18(9-11-19)12-13-20/h17,20-21H,2-16H2,1H3. The highest BCUT2D eigenvalue weighted by Crippen LogP contribution is 2.06. The van der Waals surface area contributed by atoms with Gasteiger partial charge in [0.05, 0.1) is 19.3 Å². The predicted octanol–water partition coefficient (Wildman–Crippen LogP) is 1.33. The van der Waals surface area contributed by atoms with Gasteiger partial charge in [-0.3, -0.25) is 9.80 Å². The summed E-state index contributed by atoms with van der Waals surface area (Å²) in [6.45, 7) is 9.03. The number of hydrogen-bond donors (Lipinski definition) is 2. The Balaban J connectivity index is 1.92. The van der Waals surface area contributed by atoms with Crippen LogP contribution in [0.15, 0.2) is 0 Å². The van der Waals surface area contributed by atoms with Crippen molar-refractivity contribution in [1.82, 2.24) is 9.80 Å². The van der Waals surface area contributed by atoms with E-state index in [-0.39, 0.29) is 12.7 Å². The number of unbranched alkanes of at least 4 members (excludes halogenated alkanes) is 5. The molecular formula is C17H36N2O3. The van der Waals surface area contributed by atoms with Crippen LogP contribution in [0.5, 0.6) is 0 Å². The molecular weight excluding hydrogens is 280 g/mol. The summed E-state index contributed by atoms with van der Waals surface area (Å²) in [7, 11) is 0. The highest BCUT2D eigenvalue weighted by Gasteiger charge is 2.18. The molecule has 1 heterocycles. The number of aliphatic hydroxyl groups is 2. The quantitative estimate of drug-likeness (QED) is 0.502. The van der Waals surface area contributed by atoms with Gasteiger partial charge in [-0.2, -0.15) is 0 Å². The zero-order chi connectivity index (χ0) is 16.0. The van der Waals surface area contributed by atoms with E-state index in [4.69, 9.17) is 9.84 Å². The van der Waals surface area contributed by atoms with Gasteiger partial charge in [0, 0.05) is 45.9 Å². The first-order chi connectivity index (χ1) is 10.8. The Morgan fingerprint density at radius 1 is 0.955 bits per heavy atom. The summed E-state index contributed by atoms with van der Waals surface area (Å²) in [6.07, 6.45) is 7.23. The second kappa shape index (κ2) is 13.3. The van der Waals surface area contributed by atoms with Gasteiger partial charge in [-0.1, -0.05) is 39.0 Å². The summed E-state index contributed by atoms with van der Waals surface area (Å²) in [5.41, 5.74) is 0. The molecule has 0 amide bonds. The minimum atomic E-state index is -0.385. The number of ether oxygens (including phenoxy) is 1. The molecule has 1 saturated heterocycles. The highest BCUT2D eigenvalue weighted by atomic mass is 16.5. The van der Waals surface area contributed by atoms with Gasteiger partial charge in [0.25, 0.3) is 0 Å². The summed E-state index contributed by atoms with van der Waals surface area (Å²) >= 11 is 0. The largest absolute Gasteiger partial charge is 0.395 e. The number of piperazine rings is 1. The van der Waals surface area contributed by atoms with Crippen LogP contribution in [0.4, 0.5) is 0 Å². The molecule has 1 aliphatic rings. The molecule has 1 atom stereocenters. The molecule has 1 fully saturated rings. The molecule has 0 aromatic carbocycles. The van der Waals surface area contributed by atoms with Crippen molar-refractivity contribution >= 4 is 0 Å². The van der Waals surface area contributed by atoms with E-state index in [0.717, 1.165) is 45.8 Å². The molecule has 5 heteroatoms. The fourth-order valence-corrected chi connectivity index (χ4v) is 2.89. The molecule has 1 unspecified atom stereocenters. The average Bonchev–Trinajstić information content (AvgIpc) is 2.52. The Morgan fingerprint density at radius 2 is 1.59 bits per heavy atom. The van der Waals surface area contributed by atoms with Gasteiger partial charge >= 0.3 is 0 Å². The van der Waals surface area contributed by atoms with Gasteiger partial charge in [-0.25, -0.2) is 0 Å². The average molecular weight is 316 g/mol. The second-order valence-corrected chi connectivity index (χ2v) is 6.36. The Bertz CT molecular complexity index is 246. The monoisotopic (exact) mass is 316 g/mol. The predicted molar refractivity (Wildman–Crippen MR) is 90.2 cm³/mol. The summed E-state index contributed by atoms with van der Waals surface area (Å²) in [4.78, 5) is 4.55. The number of β-amino-alcohol motifs (C(OH)–C–C–N with tert-alkyl or cyclic N) is 2. The summed E-state index contributed by atoms with van der Waals surface area (Å²) in [5, 5.41) is 18.9. The smallest absolute Gasteiger partial charge is 0.0900 e. The Labute approximate surface area is 136 Å². The fraction of sp³-hybridized carbons (Fsp3) is 1.00. The third kappa shape index (κ3) is 9.74. The van der Waals surface area contributed by atoms with Crippen molar-refractivity contribution in [2.45, 2.75) is 51.6 Å². The van der Waals surface area contributed by atoms with Crippen molar-refractivity contribution in [2.75, 3.05) is 59.1 Å². The minimum Gasteiger partial charge on any atom is -0.395 e. The van der Waals surface area contributed by atoms with Crippen LogP contribution in [0.1, 0.15) is 45.4 Å². The van der Waals surface area contributed by atoms with E-state index in [2.05, 4.69) is 16.7 Å². The van der Waals surface area contributed by atoms with Crippen LogP contribution >= 0.6 is 0 Å². The van der Waals surface area contributed by atoms with Crippen molar-refractivity contribution in [3.63, 3.8) is 0 Å². The first-order valence-corrected chi connectivity index (χ1v) is 9.07. The van der Waals surface area contributed by atoms with Gasteiger partial charge in [0.1, 0.15) is 0 Å². The lowest BCUT2D eigenvalue weighted by atomic mass is 10.1. The lowest BCUT2D eigenvalue weighted by molar-refractivity contribution is 0.00517. The molecule has 0 aromatic heterocycles. The third-order valence-electron chi connectivity index (χ3n) is 4.30. The van der Waals surface area contributed by atoms with E-state index in [0.29, 0.717) is 13.2 Å². The van der Waals surface area contributed by atoms with E-state index in [1.165, 1.54) is 32.1 Å². The molecule has 1 aliphatic heterocycles. The zero-order valence-electron chi connectivity index (χ0n) is 14.4. The first kappa shape index (κ1) is 19.8. The summed E-state index contributed by atoms with van der Waals surface area (Å²) in [6, 6.07) is 0. The highest BCUT2D eigenvalue weighted by molar-refractivity contribution is 4.73. The number of nitrogens with zero attached hydrogens (tertiary/aromatic N) is 2. The fourth-order valence-electron chi connectivity index (χ4n) is 2.89. The van der Waals surface area contributed by atoms with Crippen molar-refractivity contribution < 1.29 is 14.9 Å². The summed E-state index contributed by atoms with van der Waals surface area (Å²) in [5.74, 6) is 0. The van der Waals surface area contributed by atoms with Crippen LogP contribution in [0.25, 0.3) is 0 Å². The SMILES string of the molecule is CCCCCCCCOCC(O)CN1CCN(CCO)CC1. The number of hydrogen-bond acceptors (Lipinski definition) is 5. The molecule has 0 bridgehead atoms. The van der Waals surface area contributed by atoms with E-state index in [1.54, 1.807) is 0 Å². The van der Waals surface area contributed by atoms with Crippen LogP contribution in [0.3, 0.4) is 0 Å². The van der Waals surface area contributed by atoms with Gasteiger partial charge in [0.2, 0.25) is 0 Å². The van der Waals surface area contributed by atoms with Gasteiger partial charge < -0.3 is 14.9 Å². The molecule has 2 N–H and O–H groups in total. The number of aliphatic hydroxyl groups excluding tert-OH is 2. The molecule has 0 saturated carbocycles. The Hall–Kier alpha value is -0.200. The second-order valence-electron chi connectivity index (χ2n) is 6.36. The third-order valence-corrected chi connectivity index (χ3v) is 4.30. The zero-order valence-corrected chi connectivity index (χ0v) is 14.4. The van der Waals surface area contributed by atoms with Crippen molar-refractivity contribution in [3.05, 3.63) is 0 Å². The van der Waals surface area contributed by atoms with Crippen molar-refractivity contribution in [2.24, 2.45) is 0 Å². The van der Waals surface area contributed by atoms with E-state index < -0.39 is 0 Å². The molecule has 5 nitrogen and oxygen atoms in total. The topological polar surface area (TPSA) is 56.2 Å². The van der Waals surface area contributed by atoms with Crippen molar-refractivity contribution in [1.29, 1.82) is 0 Å². The van der Waals surface area contributed by atoms with E-state index in [1.807, 2.05) is 0 Å². The van der Waals surface area contributed by atoms with Gasteiger partial charge in [-0.15, -0.1) is 0 Å². The Morgan fingerprint density at radius 3 is 2.27 bits per heavy atom. The lowest BCUT2D eigenvalue weighted by Crippen LogP contribution is -2.49. The van der Waals surface area contributed by atoms with Crippen LogP contribution in [0, 0.1) is 0 Å². The molecule has 0 radical (unpaired) electrons. The summed E-state index contributed by atoms with van der Waals surface area (Å²) < 4.78 is 5.58. The molecule has 132 valence electrons. The maximum Gasteiger partial charge on any atom is 0.0900 e. The van der Waals surface area contributed by atoms with E-state index >= 15 is 0 Å². The molecule has 22 heavy (non-hydrogen) atoms.